The Bertz CT molecular complexity index is 611. The van der Waals surface area contributed by atoms with Crippen LogP contribution in [0.1, 0.15) is 32.4 Å². The highest BCUT2D eigenvalue weighted by Gasteiger charge is 2.24. The second-order valence-corrected chi connectivity index (χ2v) is 6.00. The number of rotatable bonds is 7. The van der Waals surface area contributed by atoms with Gasteiger partial charge < -0.3 is 20.7 Å². The van der Waals surface area contributed by atoms with Gasteiger partial charge in [-0.1, -0.05) is 44.2 Å². The summed E-state index contributed by atoms with van der Waals surface area (Å²) in [5, 5.41) is 8.77. The summed E-state index contributed by atoms with van der Waals surface area (Å²) in [6.45, 7) is 6.89. The Labute approximate surface area is 142 Å². The van der Waals surface area contributed by atoms with Gasteiger partial charge in [-0.05, 0) is 18.4 Å². The first kappa shape index (κ1) is 18.0. The van der Waals surface area contributed by atoms with Crippen LogP contribution in [0.15, 0.2) is 41.6 Å². The first-order chi connectivity index (χ1) is 11.5. The lowest BCUT2D eigenvalue weighted by atomic mass is 9.96. The second-order valence-electron chi connectivity index (χ2n) is 6.00. The summed E-state index contributed by atoms with van der Waals surface area (Å²) in [6.07, 6.45) is 0. The lowest BCUT2D eigenvalue weighted by Crippen LogP contribution is -2.46. The van der Waals surface area contributed by atoms with Crippen molar-refractivity contribution in [3.8, 4) is 0 Å². The minimum atomic E-state index is -0.400. The van der Waals surface area contributed by atoms with Crippen LogP contribution in [-0.2, 0) is 9.53 Å². The summed E-state index contributed by atoms with van der Waals surface area (Å²) >= 11 is 0. The van der Waals surface area contributed by atoms with E-state index in [0.29, 0.717) is 30.3 Å². The molecule has 1 aliphatic heterocycles. The van der Waals surface area contributed by atoms with Crippen LogP contribution in [0.25, 0.3) is 0 Å². The fourth-order valence-corrected chi connectivity index (χ4v) is 2.71. The number of hydrogen-bond donors (Lipinski definition) is 3. The Kier molecular flexibility index (Phi) is 6.37. The summed E-state index contributed by atoms with van der Waals surface area (Å²) in [5.74, 6) is -0.0425. The average molecular weight is 331 g/mol. The minimum absolute atomic E-state index is 0.119. The van der Waals surface area contributed by atoms with Crippen LogP contribution in [0.4, 0.5) is 4.79 Å². The molecule has 1 aromatic rings. The van der Waals surface area contributed by atoms with E-state index in [1.54, 1.807) is 6.92 Å². The molecule has 6 heteroatoms. The van der Waals surface area contributed by atoms with E-state index in [-0.39, 0.29) is 18.6 Å². The highest BCUT2D eigenvalue weighted by molar-refractivity contribution is 5.93. The van der Waals surface area contributed by atoms with Crippen LogP contribution in [0, 0.1) is 5.92 Å². The predicted octanol–water partition coefficient (Wildman–Crippen LogP) is 2.10. The number of hydrogen-bond acceptors (Lipinski definition) is 4. The Morgan fingerprint density at radius 3 is 2.62 bits per heavy atom. The molecule has 2 rings (SSSR count). The molecule has 6 nitrogen and oxygen atoms in total. The standard InChI is InChI=1S/C18H25N3O3/c1-4-24-17(22)14-10-20-18(23)21-15(14)11-19-16(12(2)3)13-8-6-5-7-9-13/h5-9,12,16,19H,4,10-11H2,1-3H3,(H2,20,21,23)/t16-/m1/s1. The molecule has 0 fully saturated rings. The first-order valence-corrected chi connectivity index (χ1v) is 8.25. The zero-order chi connectivity index (χ0) is 17.5. The normalized spacial score (nSPS) is 15.8. The molecule has 1 aliphatic rings. The topological polar surface area (TPSA) is 79.5 Å². The highest BCUT2D eigenvalue weighted by Crippen LogP contribution is 2.21. The van der Waals surface area contributed by atoms with E-state index in [1.165, 1.54) is 5.56 Å². The molecule has 1 aromatic carbocycles. The molecule has 0 bridgehead atoms. The van der Waals surface area contributed by atoms with Gasteiger partial charge in [0.25, 0.3) is 0 Å². The van der Waals surface area contributed by atoms with Crippen LogP contribution in [0.3, 0.4) is 0 Å². The van der Waals surface area contributed by atoms with Gasteiger partial charge in [0, 0.05) is 18.3 Å². The number of nitrogens with one attached hydrogen (secondary N) is 3. The summed E-state index contributed by atoms with van der Waals surface area (Å²) in [7, 11) is 0. The number of urea groups is 1. The molecule has 1 heterocycles. The van der Waals surface area contributed by atoms with Gasteiger partial charge in [-0.3, -0.25) is 0 Å². The molecule has 0 aromatic heterocycles. The van der Waals surface area contributed by atoms with E-state index < -0.39 is 5.97 Å². The number of amides is 2. The summed E-state index contributed by atoms with van der Waals surface area (Å²) in [4.78, 5) is 23.7. The van der Waals surface area contributed by atoms with E-state index >= 15 is 0 Å². The molecular formula is C18H25N3O3. The number of benzene rings is 1. The zero-order valence-corrected chi connectivity index (χ0v) is 14.4. The fourth-order valence-electron chi connectivity index (χ4n) is 2.71. The quantitative estimate of drug-likeness (QED) is 0.669. The molecule has 0 aliphatic carbocycles. The van der Waals surface area contributed by atoms with Gasteiger partial charge >= 0.3 is 12.0 Å². The summed E-state index contributed by atoms with van der Waals surface area (Å²) in [5.41, 5.74) is 2.20. The Balaban J connectivity index is 2.15. The summed E-state index contributed by atoms with van der Waals surface area (Å²) in [6, 6.07) is 9.94. The van der Waals surface area contributed by atoms with E-state index in [1.807, 2.05) is 18.2 Å². The van der Waals surface area contributed by atoms with Crippen molar-refractivity contribution in [1.29, 1.82) is 0 Å². The van der Waals surface area contributed by atoms with E-state index in [0.717, 1.165) is 0 Å². The monoisotopic (exact) mass is 331 g/mol. The van der Waals surface area contributed by atoms with Gasteiger partial charge in [-0.2, -0.15) is 0 Å². The van der Waals surface area contributed by atoms with Crippen LogP contribution < -0.4 is 16.0 Å². The van der Waals surface area contributed by atoms with E-state index in [4.69, 9.17) is 4.74 Å². The van der Waals surface area contributed by atoms with Crippen LogP contribution in [0.5, 0.6) is 0 Å². The van der Waals surface area contributed by atoms with Gasteiger partial charge in [-0.25, -0.2) is 9.59 Å². The molecule has 0 spiro atoms. The number of carbonyl (C=O) groups excluding carboxylic acids is 2. The van der Waals surface area contributed by atoms with Crippen molar-refractivity contribution in [1.82, 2.24) is 16.0 Å². The van der Waals surface area contributed by atoms with Gasteiger partial charge in [0.2, 0.25) is 0 Å². The third-order valence-corrected chi connectivity index (χ3v) is 3.90. The van der Waals surface area contributed by atoms with Crippen molar-refractivity contribution >= 4 is 12.0 Å². The maximum absolute atomic E-state index is 12.1. The molecule has 24 heavy (non-hydrogen) atoms. The lowest BCUT2D eigenvalue weighted by molar-refractivity contribution is -0.138. The van der Waals surface area contributed by atoms with Gasteiger partial charge in [0.05, 0.1) is 18.7 Å². The SMILES string of the molecule is CCOC(=O)C1=C(CN[C@@H](c2ccccc2)C(C)C)NC(=O)NC1. The van der Waals surface area contributed by atoms with Crippen molar-refractivity contribution in [3.05, 3.63) is 47.2 Å². The molecule has 1 atom stereocenters. The van der Waals surface area contributed by atoms with Crippen LogP contribution >= 0.6 is 0 Å². The Morgan fingerprint density at radius 2 is 2.00 bits per heavy atom. The minimum Gasteiger partial charge on any atom is -0.463 e. The molecule has 0 saturated heterocycles. The summed E-state index contributed by atoms with van der Waals surface area (Å²) < 4.78 is 5.07. The van der Waals surface area contributed by atoms with Gasteiger partial charge in [0.1, 0.15) is 0 Å². The van der Waals surface area contributed by atoms with Crippen molar-refractivity contribution < 1.29 is 14.3 Å². The molecule has 2 amide bonds. The number of carbonyl (C=O) groups is 2. The molecule has 0 saturated carbocycles. The number of ether oxygens (including phenoxy) is 1. The first-order valence-electron chi connectivity index (χ1n) is 8.25. The number of esters is 1. The Hall–Kier alpha value is -2.34. The van der Waals surface area contributed by atoms with Crippen LogP contribution in [0.2, 0.25) is 0 Å². The highest BCUT2D eigenvalue weighted by atomic mass is 16.5. The third kappa shape index (κ3) is 4.58. The maximum atomic E-state index is 12.1. The predicted molar refractivity (Wildman–Crippen MR) is 92.2 cm³/mol. The van der Waals surface area contributed by atoms with Gasteiger partial charge in [0.15, 0.2) is 0 Å². The van der Waals surface area contributed by atoms with Gasteiger partial charge in [-0.15, -0.1) is 0 Å². The third-order valence-electron chi connectivity index (χ3n) is 3.90. The zero-order valence-electron chi connectivity index (χ0n) is 14.4. The molecule has 130 valence electrons. The molecule has 0 unspecified atom stereocenters. The molecule has 3 N–H and O–H groups in total. The van der Waals surface area contributed by atoms with E-state index in [2.05, 4.69) is 41.9 Å². The van der Waals surface area contributed by atoms with E-state index in [9.17, 15) is 9.59 Å². The van der Waals surface area contributed by atoms with Crippen molar-refractivity contribution in [2.75, 3.05) is 19.7 Å². The smallest absolute Gasteiger partial charge is 0.337 e. The maximum Gasteiger partial charge on any atom is 0.337 e. The van der Waals surface area contributed by atoms with Crippen molar-refractivity contribution in [3.63, 3.8) is 0 Å². The second kappa shape index (κ2) is 8.49. The lowest BCUT2D eigenvalue weighted by Gasteiger charge is -2.26. The largest absolute Gasteiger partial charge is 0.463 e. The van der Waals surface area contributed by atoms with Crippen LogP contribution in [-0.4, -0.2) is 31.7 Å². The molecular weight excluding hydrogens is 306 g/mol. The Morgan fingerprint density at radius 1 is 1.29 bits per heavy atom. The average Bonchev–Trinajstić information content (AvgIpc) is 2.56. The molecule has 0 radical (unpaired) electrons. The fraction of sp³-hybridized carbons (Fsp3) is 0.444. The van der Waals surface area contributed by atoms with Crippen molar-refractivity contribution in [2.45, 2.75) is 26.8 Å². The van der Waals surface area contributed by atoms with Crippen molar-refractivity contribution in [2.24, 2.45) is 5.92 Å².